The molecular weight excluding hydrogens is 208 g/mol. The smallest absolute Gasteiger partial charge is 0.321 e. The molecule has 0 rings (SSSR count). The number of carbonyl (C=O) groups excluding carboxylic acids is 2. The van der Waals surface area contributed by atoms with Crippen LogP contribution in [0.1, 0.15) is 19.8 Å². The Morgan fingerprint density at radius 1 is 1.50 bits per heavy atom. The van der Waals surface area contributed by atoms with Crippen LogP contribution >= 0.6 is 0 Å². The summed E-state index contributed by atoms with van der Waals surface area (Å²) in [4.78, 5) is 22.5. The van der Waals surface area contributed by atoms with Gasteiger partial charge < -0.3 is 9.84 Å². The maximum atomic E-state index is 11.3. The molecule has 0 fully saturated rings. The Kier molecular flexibility index (Phi) is 7.49. The van der Waals surface area contributed by atoms with Gasteiger partial charge in [-0.25, -0.2) is 0 Å². The fourth-order valence-corrected chi connectivity index (χ4v) is 0.970. The molecule has 0 aliphatic carbocycles. The maximum Gasteiger partial charge on any atom is 0.321 e. The molecule has 0 amide bonds. The van der Waals surface area contributed by atoms with Crippen LogP contribution in [0.5, 0.6) is 0 Å². The zero-order valence-electron chi connectivity index (χ0n) is 9.26. The molecule has 0 bridgehead atoms. The van der Waals surface area contributed by atoms with Crippen molar-refractivity contribution in [3.05, 3.63) is 37.3 Å². The molecule has 4 heteroatoms. The average Bonchev–Trinajstić information content (AvgIpc) is 2.27. The van der Waals surface area contributed by atoms with Crippen LogP contribution < -0.4 is 0 Å². The van der Waals surface area contributed by atoms with E-state index in [1.165, 1.54) is 18.2 Å². The first-order valence-electron chi connectivity index (χ1n) is 4.99. The van der Waals surface area contributed by atoms with Crippen LogP contribution in [0.4, 0.5) is 0 Å². The first-order chi connectivity index (χ1) is 7.65. The zero-order chi connectivity index (χ0) is 12.4. The Labute approximate surface area is 94.9 Å². The van der Waals surface area contributed by atoms with Gasteiger partial charge in [0.05, 0.1) is 5.92 Å². The van der Waals surface area contributed by atoms with Crippen molar-refractivity contribution in [1.29, 1.82) is 0 Å². The van der Waals surface area contributed by atoms with Crippen LogP contribution in [0.25, 0.3) is 0 Å². The quantitative estimate of drug-likeness (QED) is 0.312. The summed E-state index contributed by atoms with van der Waals surface area (Å²) in [7, 11) is 0. The number of rotatable bonds is 7. The minimum absolute atomic E-state index is 0.0418. The number of esters is 1. The maximum absolute atomic E-state index is 11.3. The molecule has 1 N–H and O–H groups in total. The monoisotopic (exact) mass is 224 g/mol. The summed E-state index contributed by atoms with van der Waals surface area (Å²) in [5.74, 6) is -1.32. The number of ketones is 1. The normalized spacial score (nSPS) is 12.8. The van der Waals surface area contributed by atoms with Crippen molar-refractivity contribution in [2.24, 2.45) is 5.92 Å². The molecule has 0 aromatic heterocycles. The standard InChI is InChI=1S/C12H16O4/c1-3-5-11(14)7-6-10(4-2)12(15)16-9-8-13/h4,6-10,13H,2-3,5H2,1H3. The fraction of sp³-hybridized carbons (Fsp3) is 0.333. The predicted octanol–water partition coefficient (Wildman–Crippen LogP) is 2.29. The van der Waals surface area contributed by atoms with Gasteiger partial charge >= 0.3 is 5.97 Å². The summed E-state index contributed by atoms with van der Waals surface area (Å²) >= 11 is 0. The van der Waals surface area contributed by atoms with Gasteiger partial charge in [0.1, 0.15) is 12.5 Å². The number of carbonyl (C=O) groups is 2. The van der Waals surface area contributed by atoms with Crippen LogP contribution in [0.3, 0.4) is 0 Å². The van der Waals surface area contributed by atoms with E-state index in [4.69, 9.17) is 5.11 Å². The molecule has 88 valence electrons. The van der Waals surface area contributed by atoms with Gasteiger partial charge in [-0.3, -0.25) is 9.59 Å². The van der Waals surface area contributed by atoms with Gasteiger partial charge in [-0.15, -0.1) is 6.58 Å². The van der Waals surface area contributed by atoms with E-state index in [1.807, 2.05) is 6.92 Å². The molecule has 0 saturated carbocycles. The molecule has 1 atom stereocenters. The second-order valence-electron chi connectivity index (χ2n) is 3.06. The van der Waals surface area contributed by atoms with Crippen molar-refractivity contribution in [2.45, 2.75) is 19.8 Å². The SMILES string of the molecule is C=CC(C=CC(=O)CCC)C(=O)OC=CO. The lowest BCUT2D eigenvalue weighted by Crippen LogP contribution is -2.11. The third kappa shape index (κ3) is 5.80. The van der Waals surface area contributed by atoms with Crippen LogP contribution in [-0.4, -0.2) is 16.9 Å². The van der Waals surface area contributed by atoms with Gasteiger partial charge in [-0.1, -0.05) is 19.1 Å². The third-order valence-electron chi connectivity index (χ3n) is 1.76. The molecule has 0 aliphatic heterocycles. The molecule has 0 aromatic rings. The van der Waals surface area contributed by atoms with E-state index < -0.39 is 11.9 Å². The van der Waals surface area contributed by atoms with Gasteiger partial charge in [0.25, 0.3) is 0 Å². The molecule has 0 aliphatic rings. The van der Waals surface area contributed by atoms with E-state index in [9.17, 15) is 9.59 Å². The lowest BCUT2D eigenvalue weighted by Gasteiger charge is -2.03. The first-order valence-corrected chi connectivity index (χ1v) is 4.99. The summed E-state index contributed by atoms with van der Waals surface area (Å²) in [6.45, 7) is 5.36. The largest absolute Gasteiger partial charge is 0.512 e. The first kappa shape index (κ1) is 14.2. The topological polar surface area (TPSA) is 63.6 Å². The summed E-state index contributed by atoms with van der Waals surface area (Å²) in [6, 6.07) is 0. The highest BCUT2D eigenvalue weighted by atomic mass is 16.5. The predicted molar refractivity (Wildman–Crippen MR) is 60.6 cm³/mol. The van der Waals surface area contributed by atoms with E-state index >= 15 is 0 Å². The van der Waals surface area contributed by atoms with E-state index in [2.05, 4.69) is 11.3 Å². The Morgan fingerprint density at radius 2 is 2.19 bits per heavy atom. The van der Waals surface area contributed by atoms with E-state index in [-0.39, 0.29) is 5.78 Å². The summed E-state index contributed by atoms with van der Waals surface area (Å²) < 4.78 is 4.53. The zero-order valence-corrected chi connectivity index (χ0v) is 9.26. The summed E-state index contributed by atoms with van der Waals surface area (Å²) in [5.41, 5.74) is 0. The van der Waals surface area contributed by atoms with E-state index in [1.54, 1.807) is 0 Å². The second kappa shape index (κ2) is 8.47. The van der Waals surface area contributed by atoms with Gasteiger partial charge in [-0.2, -0.15) is 0 Å². The van der Waals surface area contributed by atoms with Gasteiger partial charge in [-0.05, 0) is 12.5 Å². The van der Waals surface area contributed by atoms with Gasteiger partial charge in [0, 0.05) is 6.42 Å². The van der Waals surface area contributed by atoms with Crippen LogP contribution in [0.15, 0.2) is 37.3 Å². The number of ether oxygens (including phenoxy) is 1. The fourth-order valence-electron chi connectivity index (χ4n) is 0.970. The lowest BCUT2D eigenvalue weighted by atomic mass is 10.1. The van der Waals surface area contributed by atoms with Crippen molar-refractivity contribution in [2.75, 3.05) is 0 Å². The second-order valence-corrected chi connectivity index (χ2v) is 3.06. The molecule has 1 unspecified atom stereocenters. The molecule has 0 aromatic carbocycles. The van der Waals surface area contributed by atoms with Crippen LogP contribution in [-0.2, 0) is 14.3 Å². The molecule has 0 saturated heterocycles. The number of aliphatic hydroxyl groups is 1. The summed E-state index contributed by atoms with van der Waals surface area (Å²) in [5, 5.41) is 8.30. The molecular formula is C12H16O4. The minimum Gasteiger partial charge on any atom is -0.512 e. The molecule has 4 nitrogen and oxygen atoms in total. The number of allylic oxidation sites excluding steroid dienone is 1. The van der Waals surface area contributed by atoms with Crippen LogP contribution in [0.2, 0.25) is 0 Å². The summed E-state index contributed by atoms with van der Waals surface area (Å²) in [6.07, 6.45) is 6.83. The molecule has 0 spiro atoms. The lowest BCUT2D eigenvalue weighted by molar-refractivity contribution is -0.139. The number of aliphatic hydroxyl groups excluding tert-OH is 1. The van der Waals surface area contributed by atoms with Crippen molar-refractivity contribution >= 4 is 11.8 Å². The van der Waals surface area contributed by atoms with E-state index in [0.29, 0.717) is 12.7 Å². The van der Waals surface area contributed by atoms with Crippen molar-refractivity contribution in [3.8, 4) is 0 Å². The highest BCUT2D eigenvalue weighted by Crippen LogP contribution is 2.05. The average molecular weight is 224 g/mol. The van der Waals surface area contributed by atoms with Crippen molar-refractivity contribution in [1.82, 2.24) is 0 Å². The highest BCUT2D eigenvalue weighted by molar-refractivity contribution is 5.90. The van der Waals surface area contributed by atoms with Gasteiger partial charge in [0.2, 0.25) is 0 Å². The van der Waals surface area contributed by atoms with Crippen LogP contribution in [0, 0.1) is 5.92 Å². The van der Waals surface area contributed by atoms with Crippen molar-refractivity contribution < 1.29 is 19.4 Å². The molecule has 0 heterocycles. The Bertz CT molecular complexity index is 302. The minimum atomic E-state index is -0.683. The molecule has 16 heavy (non-hydrogen) atoms. The van der Waals surface area contributed by atoms with E-state index in [0.717, 1.165) is 12.7 Å². The highest BCUT2D eigenvalue weighted by Gasteiger charge is 2.12. The number of hydrogen-bond acceptors (Lipinski definition) is 4. The number of hydrogen-bond donors (Lipinski definition) is 1. The Hall–Kier alpha value is -1.84. The van der Waals surface area contributed by atoms with Gasteiger partial charge in [0.15, 0.2) is 5.78 Å². The Morgan fingerprint density at radius 3 is 2.69 bits per heavy atom. The van der Waals surface area contributed by atoms with Crippen molar-refractivity contribution in [3.63, 3.8) is 0 Å². The third-order valence-corrected chi connectivity index (χ3v) is 1.76. The molecule has 0 radical (unpaired) electrons. The Balaban J connectivity index is 4.33.